The number of nitrogens with zero attached hydrogens (tertiary/aromatic N) is 2. The van der Waals surface area contributed by atoms with E-state index in [4.69, 9.17) is 9.47 Å². The number of amides is 1. The summed E-state index contributed by atoms with van der Waals surface area (Å²) in [6.45, 7) is 0. The van der Waals surface area contributed by atoms with Gasteiger partial charge in [-0.05, 0) is 24.3 Å². The molecule has 0 aliphatic rings. The Labute approximate surface area is 142 Å². The van der Waals surface area contributed by atoms with Crippen molar-refractivity contribution in [3.8, 4) is 17.2 Å². The summed E-state index contributed by atoms with van der Waals surface area (Å²) in [5.74, 6) is -0.280. The maximum Gasteiger partial charge on any atom is 0.274 e. The molecule has 0 saturated heterocycles. The third kappa shape index (κ3) is 4.22. The van der Waals surface area contributed by atoms with Crippen LogP contribution >= 0.6 is 0 Å². The maximum atomic E-state index is 12.0. The quantitative estimate of drug-likeness (QED) is 0.469. The second-order valence-electron chi connectivity index (χ2n) is 4.77. The third-order valence-electron chi connectivity index (χ3n) is 3.24. The smallest absolute Gasteiger partial charge is 0.274 e. The van der Waals surface area contributed by atoms with Gasteiger partial charge in [0, 0.05) is 17.2 Å². The summed E-state index contributed by atoms with van der Waals surface area (Å²) in [4.78, 5) is 22.2. The molecule has 0 unspecified atom stereocenters. The summed E-state index contributed by atoms with van der Waals surface area (Å²) in [5, 5.41) is 24.6. The van der Waals surface area contributed by atoms with E-state index in [1.165, 1.54) is 14.2 Å². The first-order valence-electron chi connectivity index (χ1n) is 6.99. The third-order valence-corrected chi connectivity index (χ3v) is 3.24. The predicted octanol–water partition coefficient (Wildman–Crippen LogP) is 2.08. The number of non-ortho nitro benzene ring substituents is 1. The van der Waals surface area contributed by atoms with Crippen molar-refractivity contribution in [3.05, 3.63) is 57.6 Å². The molecular weight excluding hydrogens is 330 g/mol. The number of hydrogen-bond donors (Lipinski definition) is 2. The maximum absolute atomic E-state index is 12.0. The van der Waals surface area contributed by atoms with Crippen molar-refractivity contribution in [1.82, 2.24) is 5.43 Å². The zero-order valence-electron chi connectivity index (χ0n) is 13.4. The SMILES string of the molecule is COc1ccc(C(=O)N/N=C/c2cc([N+](=O)[O-])cc(OC)c2O)cc1. The van der Waals surface area contributed by atoms with Gasteiger partial charge in [0.15, 0.2) is 11.5 Å². The van der Waals surface area contributed by atoms with Crippen LogP contribution in [0.15, 0.2) is 41.5 Å². The monoisotopic (exact) mass is 345 g/mol. The molecule has 9 heteroatoms. The molecule has 0 aliphatic carbocycles. The molecule has 0 saturated carbocycles. The molecule has 0 spiro atoms. The van der Waals surface area contributed by atoms with Crippen molar-refractivity contribution in [2.75, 3.05) is 14.2 Å². The highest BCUT2D eigenvalue weighted by molar-refractivity contribution is 5.95. The number of hydrazone groups is 1. The highest BCUT2D eigenvalue weighted by atomic mass is 16.6. The Morgan fingerprint density at radius 1 is 1.24 bits per heavy atom. The predicted molar refractivity (Wildman–Crippen MR) is 89.4 cm³/mol. The molecule has 2 aromatic carbocycles. The van der Waals surface area contributed by atoms with Crippen LogP contribution in [0.2, 0.25) is 0 Å². The highest BCUT2D eigenvalue weighted by Crippen LogP contribution is 2.33. The highest BCUT2D eigenvalue weighted by Gasteiger charge is 2.15. The number of phenols is 1. The average molecular weight is 345 g/mol. The van der Waals surface area contributed by atoms with E-state index in [2.05, 4.69) is 10.5 Å². The lowest BCUT2D eigenvalue weighted by molar-refractivity contribution is -0.385. The number of phenolic OH excluding ortho intramolecular Hbond substituents is 1. The van der Waals surface area contributed by atoms with Gasteiger partial charge in [0.1, 0.15) is 5.75 Å². The van der Waals surface area contributed by atoms with Crippen molar-refractivity contribution in [2.24, 2.45) is 5.10 Å². The van der Waals surface area contributed by atoms with E-state index in [-0.39, 0.29) is 22.7 Å². The van der Waals surface area contributed by atoms with Gasteiger partial charge in [0.05, 0.1) is 31.4 Å². The van der Waals surface area contributed by atoms with Gasteiger partial charge in [0.2, 0.25) is 0 Å². The van der Waals surface area contributed by atoms with E-state index in [1.807, 2.05) is 0 Å². The second-order valence-corrected chi connectivity index (χ2v) is 4.77. The number of aromatic hydroxyl groups is 1. The standard InChI is InChI=1S/C16H15N3O6/c1-24-13-5-3-10(4-6-13)16(21)18-17-9-11-7-12(19(22)23)8-14(25-2)15(11)20/h3-9,20H,1-2H3,(H,18,21)/b17-9+. The number of rotatable bonds is 6. The average Bonchev–Trinajstić information content (AvgIpc) is 2.62. The molecule has 2 aromatic rings. The van der Waals surface area contributed by atoms with Crippen LogP contribution in [0.3, 0.4) is 0 Å². The molecule has 0 fully saturated rings. The molecule has 2 rings (SSSR count). The van der Waals surface area contributed by atoms with Crippen molar-refractivity contribution >= 4 is 17.8 Å². The lowest BCUT2D eigenvalue weighted by Gasteiger charge is -2.06. The minimum absolute atomic E-state index is 0.0288. The van der Waals surface area contributed by atoms with E-state index in [0.29, 0.717) is 11.3 Å². The molecule has 0 aromatic heterocycles. The molecule has 0 atom stereocenters. The van der Waals surface area contributed by atoms with Crippen LogP contribution in [-0.4, -0.2) is 36.4 Å². The Hall–Kier alpha value is -3.62. The van der Waals surface area contributed by atoms with Gasteiger partial charge in [-0.3, -0.25) is 14.9 Å². The summed E-state index contributed by atoms with van der Waals surface area (Å²) < 4.78 is 9.88. The van der Waals surface area contributed by atoms with Gasteiger partial charge >= 0.3 is 0 Å². The topological polar surface area (TPSA) is 123 Å². The fraction of sp³-hybridized carbons (Fsp3) is 0.125. The summed E-state index contributed by atoms with van der Waals surface area (Å²) in [6.07, 6.45) is 1.09. The molecule has 9 nitrogen and oxygen atoms in total. The molecule has 130 valence electrons. The molecule has 1 amide bonds. The van der Waals surface area contributed by atoms with Crippen LogP contribution < -0.4 is 14.9 Å². The zero-order valence-corrected chi connectivity index (χ0v) is 13.4. The van der Waals surface area contributed by atoms with E-state index in [0.717, 1.165) is 18.3 Å². The molecule has 0 aliphatic heterocycles. The number of ether oxygens (including phenoxy) is 2. The number of nitro benzene ring substituents is 1. The summed E-state index contributed by atoms with van der Waals surface area (Å²) in [7, 11) is 2.78. The molecule has 0 bridgehead atoms. The normalized spacial score (nSPS) is 10.5. The Bertz CT molecular complexity index is 817. The van der Waals surface area contributed by atoms with Crippen LogP contribution in [0.1, 0.15) is 15.9 Å². The number of carbonyl (C=O) groups is 1. The first kappa shape index (κ1) is 17.7. The van der Waals surface area contributed by atoms with Crippen LogP contribution in [0.25, 0.3) is 0 Å². The van der Waals surface area contributed by atoms with E-state index in [9.17, 15) is 20.0 Å². The summed E-state index contributed by atoms with van der Waals surface area (Å²) >= 11 is 0. The van der Waals surface area contributed by atoms with Crippen LogP contribution in [0.5, 0.6) is 17.2 Å². The largest absolute Gasteiger partial charge is 0.504 e. The van der Waals surface area contributed by atoms with Gasteiger partial charge < -0.3 is 14.6 Å². The second kappa shape index (κ2) is 7.77. The fourth-order valence-electron chi connectivity index (χ4n) is 1.94. The molecular formula is C16H15N3O6. The fourth-order valence-corrected chi connectivity index (χ4v) is 1.94. The molecule has 0 heterocycles. The lowest BCUT2D eigenvalue weighted by Crippen LogP contribution is -2.17. The van der Waals surface area contributed by atoms with Crippen LogP contribution in [-0.2, 0) is 0 Å². The van der Waals surface area contributed by atoms with Crippen molar-refractivity contribution in [3.63, 3.8) is 0 Å². The summed E-state index contributed by atoms with van der Waals surface area (Å²) in [5.41, 5.74) is 2.36. The number of carbonyl (C=O) groups excluding carboxylic acids is 1. The van der Waals surface area contributed by atoms with E-state index < -0.39 is 10.8 Å². The zero-order chi connectivity index (χ0) is 18.4. The number of methoxy groups -OCH3 is 2. The number of nitro groups is 1. The Kier molecular flexibility index (Phi) is 5.51. The molecule has 2 N–H and O–H groups in total. The first-order valence-corrected chi connectivity index (χ1v) is 6.99. The van der Waals surface area contributed by atoms with Gasteiger partial charge in [-0.2, -0.15) is 5.10 Å². The number of benzene rings is 2. The van der Waals surface area contributed by atoms with Gasteiger partial charge in [-0.15, -0.1) is 0 Å². The van der Waals surface area contributed by atoms with Gasteiger partial charge in [0.25, 0.3) is 11.6 Å². The van der Waals surface area contributed by atoms with E-state index >= 15 is 0 Å². The molecule has 0 radical (unpaired) electrons. The number of hydrogen-bond acceptors (Lipinski definition) is 7. The van der Waals surface area contributed by atoms with Crippen LogP contribution in [0.4, 0.5) is 5.69 Å². The minimum atomic E-state index is -0.630. The lowest BCUT2D eigenvalue weighted by atomic mass is 10.1. The van der Waals surface area contributed by atoms with Crippen LogP contribution in [0, 0.1) is 10.1 Å². The van der Waals surface area contributed by atoms with Crippen molar-refractivity contribution < 1.29 is 24.3 Å². The van der Waals surface area contributed by atoms with Crippen molar-refractivity contribution in [1.29, 1.82) is 0 Å². The number of nitrogens with one attached hydrogen (secondary N) is 1. The van der Waals surface area contributed by atoms with Crippen molar-refractivity contribution in [2.45, 2.75) is 0 Å². The first-order chi connectivity index (χ1) is 12.0. The Morgan fingerprint density at radius 2 is 1.92 bits per heavy atom. The Balaban J connectivity index is 2.16. The summed E-state index contributed by atoms with van der Waals surface area (Å²) in [6, 6.07) is 8.55. The minimum Gasteiger partial charge on any atom is -0.504 e. The van der Waals surface area contributed by atoms with E-state index in [1.54, 1.807) is 24.3 Å². The van der Waals surface area contributed by atoms with Gasteiger partial charge in [-0.1, -0.05) is 0 Å². The van der Waals surface area contributed by atoms with Gasteiger partial charge in [-0.25, -0.2) is 5.43 Å². The molecule has 25 heavy (non-hydrogen) atoms. The Morgan fingerprint density at radius 3 is 2.48 bits per heavy atom.